The molecule has 108 valence electrons. The number of hydrogen-bond acceptors (Lipinski definition) is 4. The molecule has 3 atom stereocenters. The van der Waals surface area contributed by atoms with Crippen LogP contribution in [0.4, 0.5) is 0 Å². The molecule has 0 aromatic heterocycles. The zero-order valence-electron chi connectivity index (χ0n) is 12.2. The zero-order chi connectivity index (χ0) is 14.3. The van der Waals surface area contributed by atoms with Crippen LogP contribution in [-0.2, 0) is 4.79 Å². The van der Waals surface area contributed by atoms with Crippen molar-refractivity contribution >= 4 is 17.7 Å². The molecule has 0 saturated heterocycles. The predicted octanol–water partition coefficient (Wildman–Crippen LogP) is 1.23. The van der Waals surface area contributed by atoms with Crippen LogP contribution in [0.5, 0.6) is 0 Å². The van der Waals surface area contributed by atoms with Gasteiger partial charge < -0.3 is 16.2 Å². The summed E-state index contributed by atoms with van der Waals surface area (Å²) in [7, 11) is 0. The first-order valence-electron chi connectivity index (χ1n) is 6.39. The summed E-state index contributed by atoms with van der Waals surface area (Å²) in [6.45, 7) is 8.65. The van der Waals surface area contributed by atoms with Crippen LogP contribution in [0.25, 0.3) is 0 Å². The second kappa shape index (κ2) is 8.02. The molecule has 0 aliphatic rings. The summed E-state index contributed by atoms with van der Waals surface area (Å²) >= 11 is 1.56. The van der Waals surface area contributed by atoms with Crippen molar-refractivity contribution in [3.8, 4) is 0 Å². The summed E-state index contributed by atoms with van der Waals surface area (Å²) in [6.07, 6.45) is 2.70. The summed E-state index contributed by atoms with van der Waals surface area (Å²) in [4.78, 5) is 12.1. The molecule has 0 bridgehead atoms. The number of aliphatic hydroxyl groups is 1. The topological polar surface area (TPSA) is 75.3 Å². The van der Waals surface area contributed by atoms with E-state index in [2.05, 4.69) is 26.1 Å². The van der Waals surface area contributed by atoms with E-state index in [-0.39, 0.29) is 35.1 Å². The minimum Gasteiger partial charge on any atom is -0.395 e. The zero-order valence-corrected chi connectivity index (χ0v) is 13.0. The quantitative estimate of drug-likeness (QED) is 0.654. The first-order valence-corrected chi connectivity index (χ1v) is 7.68. The molecule has 1 amide bonds. The van der Waals surface area contributed by atoms with Crippen molar-refractivity contribution in [3.05, 3.63) is 0 Å². The number of amides is 1. The Bertz CT molecular complexity index is 250. The lowest BCUT2D eigenvalue weighted by Gasteiger charge is -2.27. The van der Waals surface area contributed by atoms with Gasteiger partial charge in [-0.3, -0.25) is 4.79 Å². The highest BCUT2D eigenvalue weighted by Crippen LogP contribution is 2.24. The minimum absolute atomic E-state index is 0.00701. The van der Waals surface area contributed by atoms with Crippen LogP contribution in [0, 0.1) is 11.3 Å². The number of carbonyl (C=O) groups excluding carboxylic acids is 1. The van der Waals surface area contributed by atoms with Crippen LogP contribution in [0.15, 0.2) is 0 Å². The van der Waals surface area contributed by atoms with Gasteiger partial charge in [0.15, 0.2) is 0 Å². The molecule has 3 unspecified atom stereocenters. The molecule has 0 rings (SSSR count). The Morgan fingerprint density at radius 1 is 1.44 bits per heavy atom. The van der Waals surface area contributed by atoms with E-state index in [1.165, 1.54) is 0 Å². The number of hydrogen-bond donors (Lipinski definition) is 3. The predicted molar refractivity (Wildman–Crippen MR) is 78.6 cm³/mol. The van der Waals surface area contributed by atoms with Gasteiger partial charge in [0.25, 0.3) is 0 Å². The molecule has 0 heterocycles. The molecule has 0 spiro atoms. The Morgan fingerprint density at radius 2 is 2.00 bits per heavy atom. The van der Waals surface area contributed by atoms with Crippen molar-refractivity contribution in [3.63, 3.8) is 0 Å². The van der Waals surface area contributed by atoms with Gasteiger partial charge in [0.1, 0.15) is 0 Å². The summed E-state index contributed by atoms with van der Waals surface area (Å²) in [5.74, 6) is -0.166. The van der Waals surface area contributed by atoms with Gasteiger partial charge in [-0.15, -0.1) is 0 Å². The van der Waals surface area contributed by atoms with Crippen molar-refractivity contribution in [2.24, 2.45) is 17.1 Å². The lowest BCUT2D eigenvalue weighted by Crippen LogP contribution is -2.46. The van der Waals surface area contributed by atoms with Gasteiger partial charge in [-0.05, 0) is 25.0 Å². The highest BCUT2D eigenvalue weighted by molar-refractivity contribution is 7.99. The van der Waals surface area contributed by atoms with Crippen LogP contribution < -0.4 is 11.1 Å². The highest BCUT2D eigenvalue weighted by Gasteiger charge is 2.26. The molecule has 4 N–H and O–H groups in total. The maximum Gasteiger partial charge on any atom is 0.224 e. The molecule has 0 fully saturated rings. The van der Waals surface area contributed by atoms with E-state index in [1.807, 2.05) is 13.2 Å². The molecule has 5 heteroatoms. The van der Waals surface area contributed by atoms with E-state index in [9.17, 15) is 9.90 Å². The molecule has 0 aromatic rings. The van der Waals surface area contributed by atoms with Crippen LogP contribution >= 0.6 is 11.8 Å². The van der Waals surface area contributed by atoms with E-state index in [0.717, 1.165) is 6.42 Å². The maximum atomic E-state index is 12.1. The molecule has 0 saturated carbocycles. The van der Waals surface area contributed by atoms with Crippen molar-refractivity contribution in [1.82, 2.24) is 5.32 Å². The number of aliphatic hydroxyl groups excluding tert-OH is 1. The fourth-order valence-electron chi connectivity index (χ4n) is 1.89. The highest BCUT2D eigenvalue weighted by atomic mass is 32.2. The van der Waals surface area contributed by atoms with E-state index in [1.54, 1.807) is 11.8 Å². The van der Waals surface area contributed by atoms with E-state index in [4.69, 9.17) is 5.73 Å². The Balaban J connectivity index is 4.44. The number of thioether (sulfide) groups is 1. The summed E-state index contributed by atoms with van der Waals surface area (Å²) in [5.41, 5.74) is 5.77. The first kappa shape index (κ1) is 17.7. The number of nitrogens with two attached hydrogens (primary N) is 1. The van der Waals surface area contributed by atoms with E-state index >= 15 is 0 Å². The van der Waals surface area contributed by atoms with Crippen molar-refractivity contribution < 1.29 is 9.90 Å². The largest absolute Gasteiger partial charge is 0.395 e. The molecule has 4 nitrogen and oxygen atoms in total. The smallest absolute Gasteiger partial charge is 0.224 e. The average molecular weight is 276 g/mol. The maximum absolute atomic E-state index is 12.1. The fourth-order valence-corrected chi connectivity index (χ4v) is 2.52. The first-order chi connectivity index (χ1) is 8.25. The van der Waals surface area contributed by atoms with Gasteiger partial charge in [0.05, 0.1) is 12.5 Å². The fraction of sp³-hybridized carbons (Fsp3) is 0.923. The van der Waals surface area contributed by atoms with Crippen LogP contribution in [-0.4, -0.2) is 41.7 Å². The van der Waals surface area contributed by atoms with Gasteiger partial charge in [0, 0.05) is 17.8 Å². The van der Waals surface area contributed by atoms with Crippen LogP contribution in [0.1, 0.15) is 34.1 Å². The van der Waals surface area contributed by atoms with Crippen molar-refractivity contribution in [1.29, 1.82) is 0 Å². The standard InChI is InChI=1S/C13H28N2O2S/c1-9(11(8-16)18-5)15-12(17)10(7-14)6-13(2,3)4/h9-11,16H,6-8,14H2,1-5H3,(H,15,17). The Kier molecular flexibility index (Phi) is 7.90. The third-order valence-corrected chi connectivity index (χ3v) is 4.09. The second-order valence-corrected chi connectivity index (χ2v) is 7.03. The molecule has 0 aliphatic carbocycles. The SMILES string of the molecule is CSC(CO)C(C)NC(=O)C(CN)CC(C)(C)C. The molecule has 0 radical (unpaired) electrons. The van der Waals surface area contributed by atoms with E-state index in [0.29, 0.717) is 6.54 Å². The van der Waals surface area contributed by atoms with Gasteiger partial charge in [-0.2, -0.15) is 11.8 Å². The van der Waals surface area contributed by atoms with Crippen LogP contribution in [0.3, 0.4) is 0 Å². The lowest BCUT2D eigenvalue weighted by atomic mass is 9.84. The molecule has 18 heavy (non-hydrogen) atoms. The third kappa shape index (κ3) is 6.61. The summed E-state index contributed by atoms with van der Waals surface area (Å²) in [6, 6.07) is -0.0495. The number of carbonyl (C=O) groups is 1. The summed E-state index contributed by atoms with van der Waals surface area (Å²) in [5, 5.41) is 12.2. The van der Waals surface area contributed by atoms with Gasteiger partial charge in [-0.1, -0.05) is 20.8 Å². The molecular formula is C13H28N2O2S. The minimum atomic E-state index is -0.159. The number of nitrogens with one attached hydrogen (secondary N) is 1. The van der Waals surface area contributed by atoms with E-state index < -0.39 is 0 Å². The molecule has 0 aliphatic heterocycles. The monoisotopic (exact) mass is 276 g/mol. The lowest BCUT2D eigenvalue weighted by molar-refractivity contribution is -0.126. The van der Waals surface area contributed by atoms with Crippen LogP contribution in [0.2, 0.25) is 0 Å². The van der Waals surface area contributed by atoms with Crippen molar-refractivity contribution in [2.45, 2.75) is 45.4 Å². The Morgan fingerprint density at radius 3 is 2.33 bits per heavy atom. The summed E-state index contributed by atoms with van der Waals surface area (Å²) < 4.78 is 0. The van der Waals surface area contributed by atoms with Gasteiger partial charge in [0.2, 0.25) is 5.91 Å². The molecule has 0 aromatic carbocycles. The Labute approximate surface area is 115 Å². The molecular weight excluding hydrogens is 248 g/mol. The van der Waals surface area contributed by atoms with Gasteiger partial charge in [-0.25, -0.2) is 0 Å². The number of rotatable bonds is 7. The van der Waals surface area contributed by atoms with Crippen molar-refractivity contribution in [2.75, 3.05) is 19.4 Å². The average Bonchev–Trinajstić information content (AvgIpc) is 2.26. The normalized spacial score (nSPS) is 17.1. The van der Waals surface area contributed by atoms with Gasteiger partial charge >= 0.3 is 0 Å². The second-order valence-electron chi connectivity index (χ2n) is 5.95. The third-order valence-electron chi connectivity index (χ3n) is 2.92. The Hall–Kier alpha value is -0.260.